The summed E-state index contributed by atoms with van der Waals surface area (Å²) in [7, 11) is 0. The number of halogens is 3. The number of carbonyl (C=O) groups is 2. The molecule has 0 radical (unpaired) electrons. The monoisotopic (exact) mass is 556 g/mol. The van der Waals surface area contributed by atoms with Crippen LogP contribution in [0.15, 0.2) is 72.8 Å². The Bertz CT molecular complexity index is 1210. The zero-order valence-corrected chi connectivity index (χ0v) is 22.9. The minimum atomic E-state index is -0.693. The van der Waals surface area contributed by atoms with Gasteiger partial charge < -0.3 is 10.2 Å². The van der Waals surface area contributed by atoms with Gasteiger partial charge in [0.25, 0.3) is 0 Å². The van der Waals surface area contributed by atoms with Gasteiger partial charge in [-0.3, -0.25) is 9.59 Å². The van der Waals surface area contributed by atoms with E-state index in [0.717, 1.165) is 36.8 Å². The molecule has 1 unspecified atom stereocenters. The van der Waals surface area contributed by atoms with E-state index in [2.05, 4.69) is 5.32 Å². The van der Waals surface area contributed by atoms with E-state index in [9.17, 15) is 9.59 Å². The fourth-order valence-corrected chi connectivity index (χ4v) is 5.55. The van der Waals surface area contributed by atoms with E-state index in [0.29, 0.717) is 27.1 Å². The van der Waals surface area contributed by atoms with Gasteiger partial charge in [0.05, 0.1) is 6.42 Å². The summed E-state index contributed by atoms with van der Waals surface area (Å²) in [4.78, 5) is 29.4. The van der Waals surface area contributed by atoms with Gasteiger partial charge in [-0.05, 0) is 53.8 Å². The summed E-state index contributed by atoms with van der Waals surface area (Å²) in [6.45, 7) is 0.250. The van der Waals surface area contributed by atoms with Gasteiger partial charge >= 0.3 is 0 Å². The Kier molecular flexibility index (Phi) is 9.90. The van der Waals surface area contributed by atoms with Crippen LogP contribution in [0.2, 0.25) is 15.1 Å². The minimum Gasteiger partial charge on any atom is -0.352 e. The van der Waals surface area contributed by atoms with Crippen molar-refractivity contribution in [1.29, 1.82) is 0 Å². The maximum absolute atomic E-state index is 13.9. The lowest BCUT2D eigenvalue weighted by Gasteiger charge is -2.33. The van der Waals surface area contributed by atoms with Crippen LogP contribution in [0.25, 0.3) is 0 Å². The smallest absolute Gasteiger partial charge is 0.243 e. The summed E-state index contributed by atoms with van der Waals surface area (Å²) in [5.74, 6) is -0.322. The standard InChI is InChI=1S/C30H31Cl3N2O2/c31-24-11-7-10-22(16-24)20-35(29(36)18-23-14-15-25(32)19-27(23)33)28(17-21-8-3-1-4-9-21)30(37)34-26-12-5-2-6-13-26/h1,3-4,7-11,14-16,19,26,28H,2,5-6,12-13,17-18,20H2,(H,34,37). The van der Waals surface area contributed by atoms with Crippen LogP contribution >= 0.6 is 34.8 Å². The molecular formula is C30H31Cl3N2O2. The average Bonchev–Trinajstić information content (AvgIpc) is 2.89. The van der Waals surface area contributed by atoms with Crippen molar-refractivity contribution >= 4 is 46.6 Å². The fraction of sp³-hybridized carbons (Fsp3) is 0.333. The second-order valence-corrected chi connectivity index (χ2v) is 10.9. The highest BCUT2D eigenvalue weighted by Crippen LogP contribution is 2.24. The lowest BCUT2D eigenvalue weighted by atomic mass is 9.94. The largest absolute Gasteiger partial charge is 0.352 e. The summed E-state index contributed by atoms with van der Waals surface area (Å²) in [6.07, 6.45) is 5.79. The van der Waals surface area contributed by atoms with Crippen LogP contribution in [0, 0.1) is 0 Å². The highest BCUT2D eigenvalue weighted by Gasteiger charge is 2.32. The molecule has 1 fully saturated rings. The fourth-order valence-electron chi connectivity index (χ4n) is 4.86. The zero-order valence-electron chi connectivity index (χ0n) is 20.6. The second-order valence-electron chi connectivity index (χ2n) is 9.61. The van der Waals surface area contributed by atoms with Crippen molar-refractivity contribution in [2.45, 2.75) is 63.6 Å². The van der Waals surface area contributed by atoms with Crippen molar-refractivity contribution in [2.24, 2.45) is 0 Å². The number of benzene rings is 3. The van der Waals surface area contributed by atoms with Gasteiger partial charge in [-0.1, -0.05) is 103 Å². The second kappa shape index (κ2) is 13.3. The molecule has 1 saturated carbocycles. The Morgan fingerprint density at radius 1 is 0.838 bits per heavy atom. The molecule has 0 heterocycles. The maximum Gasteiger partial charge on any atom is 0.243 e. The molecule has 3 aromatic rings. The molecule has 1 aliphatic rings. The van der Waals surface area contributed by atoms with Crippen LogP contribution in [0.3, 0.4) is 0 Å². The molecule has 1 aliphatic carbocycles. The molecule has 1 atom stereocenters. The molecule has 4 nitrogen and oxygen atoms in total. The molecule has 4 rings (SSSR count). The molecule has 3 aromatic carbocycles. The topological polar surface area (TPSA) is 49.4 Å². The van der Waals surface area contributed by atoms with Gasteiger partial charge in [0, 0.05) is 34.1 Å². The van der Waals surface area contributed by atoms with Crippen LogP contribution in [0.4, 0.5) is 0 Å². The van der Waals surface area contributed by atoms with Gasteiger partial charge in [-0.15, -0.1) is 0 Å². The van der Waals surface area contributed by atoms with E-state index in [-0.39, 0.29) is 30.8 Å². The normalized spacial score (nSPS) is 14.7. The predicted octanol–water partition coefficient (Wildman–Crippen LogP) is 7.28. The molecular weight excluding hydrogens is 527 g/mol. The number of amides is 2. The Balaban J connectivity index is 1.67. The van der Waals surface area contributed by atoms with Crippen molar-refractivity contribution in [3.63, 3.8) is 0 Å². The van der Waals surface area contributed by atoms with Gasteiger partial charge in [-0.2, -0.15) is 0 Å². The lowest BCUT2D eigenvalue weighted by Crippen LogP contribution is -2.53. The van der Waals surface area contributed by atoms with Crippen LogP contribution in [-0.4, -0.2) is 28.8 Å². The SMILES string of the molecule is O=C(NC1CCCCC1)C(Cc1ccccc1)N(Cc1cccc(Cl)c1)C(=O)Cc1ccc(Cl)cc1Cl. The molecule has 7 heteroatoms. The van der Waals surface area contributed by atoms with Gasteiger partial charge in [-0.25, -0.2) is 0 Å². The van der Waals surface area contributed by atoms with Crippen LogP contribution in [0.1, 0.15) is 48.8 Å². The van der Waals surface area contributed by atoms with E-state index in [1.54, 1.807) is 29.2 Å². The first-order valence-corrected chi connectivity index (χ1v) is 13.8. The van der Waals surface area contributed by atoms with Crippen molar-refractivity contribution in [1.82, 2.24) is 10.2 Å². The van der Waals surface area contributed by atoms with Crippen LogP contribution in [-0.2, 0) is 29.0 Å². The third-order valence-electron chi connectivity index (χ3n) is 6.82. The lowest BCUT2D eigenvalue weighted by molar-refractivity contribution is -0.141. The summed E-state index contributed by atoms with van der Waals surface area (Å²) in [5, 5.41) is 4.76. The molecule has 0 aliphatic heterocycles. The summed E-state index contributed by atoms with van der Waals surface area (Å²) in [6, 6.07) is 21.7. The molecule has 0 bridgehead atoms. The highest BCUT2D eigenvalue weighted by molar-refractivity contribution is 6.35. The van der Waals surface area contributed by atoms with Crippen LogP contribution in [0.5, 0.6) is 0 Å². The third-order valence-corrected chi connectivity index (χ3v) is 7.64. The molecule has 1 N–H and O–H groups in total. The Hall–Kier alpha value is -2.53. The predicted molar refractivity (Wildman–Crippen MR) is 151 cm³/mol. The maximum atomic E-state index is 13.9. The van der Waals surface area contributed by atoms with Crippen molar-refractivity contribution in [3.05, 3.63) is 105 Å². The first kappa shape index (κ1) is 27.5. The Morgan fingerprint density at radius 3 is 2.24 bits per heavy atom. The minimum absolute atomic E-state index is 0.0541. The van der Waals surface area contributed by atoms with Crippen molar-refractivity contribution < 1.29 is 9.59 Å². The molecule has 0 aromatic heterocycles. The van der Waals surface area contributed by atoms with E-state index < -0.39 is 6.04 Å². The third kappa shape index (κ3) is 7.98. The molecule has 2 amide bonds. The first-order chi connectivity index (χ1) is 17.9. The summed E-state index contributed by atoms with van der Waals surface area (Å²) < 4.78 is 0. The highest BCUT2D eigenvalue weighted by atomic mass is 35.5. The number of carbonyl (C=O) groups excluding carboxylic acids is 2. The number of hydrogen-bond donors (Lipinski definition) is 1. The number of nitrogens with zero attached hydrogens (tertiary/aromatic N) is 1. The average molecular weight is 558 g/mol. The summed E-state index contributed by atoms with van der Waals surface area (Å²) in [5.41, 5.74) is 2.50. The van der Waals surface area contributed by atoms with Crippen molar-refractivity contribution in [3.8, 4) is 0 Å². The number of nitrogens with one attached hydrogen (secondary N) is 1. The van der Waals surface area contributed by atoms with E-state index in [4.69, 9.17) is 34.8 Å². The molecule has 194 valence electrons. The van der Waals surface area contributed by atoms with E-state index in [1.807, 2.05) is 48.5 Å². The quantitative estimate of drug-likeness (QED) is 0.301. The Labute approximate surface area is 233 Å². The molecule has 0 spiro atoms. The Morgan fingerprint density at radius 2 is 1.54 bits per heavy atom. The van der Waals surface area contributed by atoms with Crippen molar-refractivity contribution in [2.75, 3.05) is 0 Å². The van der Waals surface area contributed by atoms with Crippen LogP contribution < -0.4 is 5.32 Å². The van der Waals surface area contributed by atoms with E-state index in [1.165, 1.54) is 6.42 Å². The van der Waals surface area contributed by atoms with Gasteiger partial charge in [0.15, 0.2) is 0 Å². The van der Waals surface area contributed by atoms with Gasteiger partial charge in [0.1, 0.15) is 6.04 Å². The number of rotatable bonds is 9. The number of hydrogen-bond acceptors (Lipinski definition) is 2. The zero-order chi connectivity index (χ0) is 26.2. The first-order valence-electron chi connectivity index (χ1n) is 12.7. The van der Waals surface area contributed by atoms with Gasteiger partial charge in [0.2, 0.25) is 11.8 Å². The molecule has 37 heavy (non-hydrogen) atoms. The molecule has 0 saturated heterocycles. The van der Waals surface area contributed by atoms with E-state index >= 15 is 0 Å². The summed E-state index contributed by atoms with van der Waals surface area (Å²) >= 11 is 18.7.